The van der Waals surface area contributed by atoms with Crippen LogP contribution >= 0.6 is 0 Å². The van der Waals surface area contributed by atoms with E-state index >= 15 is 0 Å². The summed E-state index contributed by atoms with van der Waals surface area (Å²) in [7, 11) is -8.24. The second-order valence-electron chi connectivity index (χ2n) is 6.32. The van der Waals surface area contributed by atoms with Gasteiger partial charge in [0.25, 0.3) is 10.0 Å². The summed E-state index contributed by atoms with van der Waals surface area (Å²) >= 11 is 0. The number of hydrogen-bond donors (Lipinski definition) is 1. The lowest BCUT2D eigenvalue weighted by Gasteiger charge is -2.18. The number of amides is 1. The molecule has 1 heterocycles. The molecule has 0 aliphatic carbocycles. The van der Waals surface area contributed by atoms with Gasteiger partial charge in [-0.15, -0.1) is 0 Å². The van der Waals surface area contributed by atoms with E-state index in [1.165, 1.54) is 19.1 Å². The Labute approximate surface area is 165 Å². The summed E-state index contributed by atoms with van der Waals surface area (Å²) in [4.78, 5) is 11.5. The second-order valence-corrected chi connectivity index (χ2v) is 9.91. The molecule has 0 aromatic heterocycles. The number of halogens is 3. The maximum atomic E-state index is 13.1. The highest BCUT2D eigenvalue weighted by Gasteiger charge is 2.37. The third-order valence-electron chi connectivity index (χ3n) is 4.24. The van der Waals surface area contributed by atoms with Gasteiger partial charge in [-0.25, -0.2) is 21.1 Å². The Bertz CT molecular complexity index is 1190. The number of rotatable bonds is 4. The molecule has 1 aliphatic rings. The van der Waals surface area contributed by atoms with Crippen molar-refractivity contribution in [1.82, 2.24) is 0 Å². The summed E-state index contributed by atoms with van der Waals surface area (Å²) in [6, 6.07) is 7.48. The van der Waals surface area contributed by atoms with Gasteiger partial charge in [0.05, 0.1) is 27.6 Å². The molecule has 2 aromatic carbocycles. The molecule has 0 unspecified atom stereocenters. The zero-order chi connectivity index (χ0) is 21.6. The topological polar surface area (TPSA) is 101 Å². The predicted octanol–water partition coefficient (Wildman–Crippen LogP) is 2.88. The second kappa shape index (κ2) is 7.02. The molecule has 1 aliphatic heterocycles. The summed E-state index contributed by atoms with van der Waals surface area (Å²) < 4.78 is 91.2. The van der Waals surface area contributed by atoms with Crippen LogP contribution in [0.1, 0.15) is 17.5 Å². The third kappa shape index (κ3) is 4.08. The highest BCUT2D eigenvalue weighted by molar-refractivity contribution is 7.94. The van der Waals surface area contributed by atoms with Gasteiger partial charge in [-0.1, -0.05) is 12.1 Å². The van der Waals surface area contributed by atoms with Crippen molar-refractivity contribution in [2.45, 2.75) is 24.4 Å². The first kappa shape index (κ1) is 21.1. The minimum absolute atomic E-state index is 0.0281. The third-order valence-corrected chi connectivity index (χ3v) is 7.45. The van der Waals surface area contributed by atoms with Crippen molar-refractivity contribution in [2.75, 3.05) is 14.8 Å². The molecule has 0 radical (unpaired) electrons. The van der Waals surface area contributed by atoms with Crippen molar-refractivity contribution in [1.29, 1.82) is 0 Å². The average Bonchev–Trinajstić information content (AvgIpc) is 2.86. The van der Waals surface area contributed by atoms with Gasteiger partial charge in [-0.05, 0) is 42.8 Å². The van der Waals surface area contributed by atoms with Gasteiger partial charge in [-0.2, -0.15) is 13.2 Å². The average molecular weight is 448 g/mol. The van der Waals surface area contributed by atoms with Crippen LogP contribution in [0.5, 0.6) is 0 Å². The molecule has 1 amide bonds. The number of carbonyl (C=O) groups is 1. The van der Waals surface area contributed by atoms with E-state index in [1.807, 2.05) is 4.72 Å². The number of sulfonamides is 2. The van der Waals surface area contributed by atoms with Crippen LogP contribution in [-0.2, 0) is 31.0 Å². The van der Waals surface area contributed by atoms with Crippen molar-refractivity contribution >= 4 is 37.3 Å². The normalized spacial score (nSPS) is 16.8. The molecule has 156 valence electrons. The van der Waals surface area contributed by atoms with Crippen LogP contribution < -0.4 is 9.03 Å². The number of hydrogen-bond acceptors (Lipinski definition) is 5. The number of para-hydroxylation sites is 1. The molecule has 29 heavy (non-hydrogen) atoms. The number of benzene rings is 2. The van der Waals surface area contributed by atoms with Crippen molar-refractivity contribution in [3.8, 4) is 0 Å². The first-order valence-electron chi connectivity index (χ1n) is 8.18. The number of alkyl halides is 3. The Morgan fingerprint density at radius 1 is 1.10 bits per heavy atom. The molecular weight excluding hydrogens is 433 g/mol. The fourth-order valence-corrected chi connectivity index (χ4v) is 5.71. The lowest BCUT2D eigenvalue weighted by atomic mass is 10.2. The molecule has 1 fully saturated rings. The number of aryl methyl sites for hydroxylation is 1. The maximum Gasteiger partial charge on any atom is 0.418 e. The van der Waals surface area contributed by atoms with Crippen LogP contribution in [0.3, 0.4) is 0 Å². The van der Waals surface area contributed by atoms with E-state index in [9.17, 15) is 34.8 Å². The highest BCUT2D eigenvalue weighted by atomic mass is 32.2. The number of anilines is 2. The van der Waals surface area contributed by atoms with Crippen LogP contribution in [0.2, 0.25) is 0 Å². The number of nitrogens with one attached hydrogen (secondary N) is 1. The molecule has 1 N–H and O–H groups in total. The Hall–Kier alpha value is -2.60. The summed E-state index contributed by atoms with van der Waals surface area (Å²) in [6.45, 7) is 1.35. The Morgan fingerprint density at radius 2 is 1.76 bits per heavy atom. The van der Waals surface area contributed by atoms with Gasteiger partial charge >= 0.3 is 6.18 Å². The van der Waals surface area contributed by atoms with Crippen molar-refractivity contribution < 1.29 is 34.8 Å². The lowest BCUT2D eigenvalue weighted by Crippen LogP contribution is -2.29. The largest absolute Gasteiger partial charge is 0.418 e. The molecule has 0 atom stereocenters. The monoisotopic (exact) mass is 448 g/mol. The quantitative estimate of drug-likeness (QED) is 0.775. The summed E-state index contributed by atoms with van der Waals surface area (Å²) in [5.41, 5.74) is -1.75. The van der Waals surface area contributed by atoms with Crippen LogP contribution in [-0.4, -0.2) is 28.5 Å². The van der Waals surface area contributed by atoms with Gasteiger partial charge in [0, 0.05) is 6.42 Å². The smallest absolute Gasteiger partial charge is 0.279 e. The molecule has 2 aromatic rings. The van der Waals surface area contributed by atoms with E-state index in [4.69, 9.17) is 0 Å². The molecule has 0 bridgehead atoms. The van der Waals surface area contributed by atoms with Crippen molar-refractivity contribution in [3.63, 3.8) is 0 Å². The van der Waals surface area contributed by atoms with Crippen LogP contribution in [0.15, 0.2) is 47.4 Å². The first-order valence-corrected chi connectivity index (χ1v) is 11.3. The van der Waals surface area contributed by atoms with Gasteiger partial charge in [0.1, 0.15) is 0 Å². The highest BCUT2D eigenvalue weighted by Crippen LogP contribution is 2.36. The number of carbonyl (C=O) groups excluding carboxylic acids is 1. The van der Waals surface area contributed by atoms with Crippen LogP contribution in [0, 0.1) is 6.92 Å². The van der Waals surface area contributed by atoms with E-state index in [2.05, 4.69) is 0 Å². The fraction of sp³-hybridized carbons (Fsp3) is 0.235. The molecule has 7 nitrogen and oxygen atoms in total. The van der Waals surface area contributed by atoms with Gasteiger partial charge in [-0.3, -0.25) is 9.52 Å². The summed E-state index contributed by atoms with van der Waals surface area (Å²) in [5, 5.41) is 0. The Morgan fingerprint density at radius 3 is 2.31 bits per heavy atom. The van der Waals surface area contributed by atoms with Crippen molar-refractivity contribution in [2.24, 2.45) is 0 Å². The van der Waals surface area contributed by atoms with Crippen LogP contribution in [0.25, 0.3) is 0 Å². The molecule has 0 spiro atoms. The Kier molecular flexibility index (Phi) is 5.11. The van der Waals surface area contributed by atoms with E-state index in [0.29, 0.717) is 4.31 Å². The zero-order valence-electron chi connectivity index (χ0n) is 14.9. The maximum absolute atomic E-state index is 13.1. The minimum atomic E-state index is -4.76. The fourth-order valence-electron chi connectivity index (χ4n) is 2.95. The van der Waals surface area contributed by atoms with Crippen molar-refractivity contribution in [3.05, 3.63) is 53.6 Å². The molecule has 12 heteroatoms. The standard InChI is InChI=1S/C17H15F3N2O5S2/c1-11-10-12(22-16(23)8-9-28(22,24)25)6-7-15(11)29(26,27)21-14-5-3-2-4-13(14)17(18,19)20/h2-7,10,21H,8-9H2,1H3. The Balaban J connectivity index is 1.99. The van der Waals surface area contributed by atoms with Gasteiger partial charge in [0.2, 0.25) is 15.9 Å². The van der Waals surface area contributed by atoms with E-state index in [1.54, 1.807) is 0 Å². The number of nitrogens with zero attached hydrogens (tertiary/aromatic N) is 1. The van der Waals surface area contributed by atoms with Gasteiger partial charge in [0.15, 0.2) is 0 Å². The first-order chi connectivity index (χ1) is 13.3. The molecular formula is C17H15F3N2O5S2. The van der Waals surface area contributed by atoms with E-state index in [0.717, 1.165) is 30.3 Å². The van der Waals surface area contributed by atoms with E-state index in [-0.39, 0.29) is 28.3 Å². The SMILES string of the molecule is Cc1cc(N2C(=O)CCS2(=O)=O)ccc1S(=O)(=O)Nc1ccccc1C(F)(F)F. The van der Waals surface area contributed by atoms with E-state index < -0.39 is 43.4 Å². The molecule has 3 rings (SSSR count). The summed E-state index contributed by atoms with van der Waals surface area (Å²) in [5.74, 6) is -0.988. The minimum Gasteiger partial charge on any atom is -0.279 e. The lowest BCUT2D eigenvalue weighted by molar-refractivity contribution is -0.136. The molecule has 1 saturated heterocycles. The predicted molar refractivity (Wildman–Crippen MR) is 99.3 cm³/mol. The van der Waals surface area contributed by atoms with Gasteiger partial charge < -0.3 is 0 Å². The zero-order valence-corrected chi connectivity index (χ0v) is 16.5. The summed E-state index contributed by atoms with van der Waals surface area (Å²) in [6.07, 6.45) is -4.94. The van der Waals surface area contributed by atoms with Crippen LogP contribution in [0.4, 0.5) is 24.5 Å². The molecule has 0 saturated carbocycles.